The third-order valence-corrected chi connectivity index (χ3v) is 3.68. The molecule has 0 spiro atoms. The van der Waals surface area contributed by atoms with E-state index in [0.29, 0.717) is 11.4 Å². The second-order valence-corrected chi connectivity index (χ2v) is 5.68. The number of hydrogen-bond donors (Lipinski definition) is 0. The van der Waals surface area contributed by atoms with E-state index in [4.69, 9.17) is 9.68 Å². The van der Waals surface area contributed by atoms with Gasteiger partial charge < -0.3 is 9.68 Å². The number of hydrogen-bond acceptors (Lipinski definition) is 6. The quantitative estimate of drug-likeness (QED) is 0.361. The molecule has 6 nitrogen and oxygen atoms in total. The highest BCUT2D eigenvalue weighted by molar-refractivity contribution is 5.98. The van der Waals surface area contributed by atoms with Gasteiger partial charge in [0.1, 0.15) is 0 Å². The van der Waals surface area contributed by atoms with Gasteiger partial charge in [0.15, 0.2) is 0 Å². The van der Waals surface area contributed by atoms with Crippen molar-refractivity contribution in [3.63, 3.8) is 0 Å². The normalized spacial score (nSPS) is 12.0. The van der Waals surface area contributed by atoms with E-state index in [1.54, 1.807) is 38.1 Å². The first-order valence-electron chi connectivity index (χ1n) is 8.31. The number of benzene rings is 2. The van der Waals surface area contributed by atoms with E-state index >= 15 is 0 Å². The molecule has 1 heterocycles. The zero-order chi connectivity index (χ0) is 19.9. The average molecular weight is 382 g/mol. The van der Waals surface area contributed by atoms with Crippen LogP contribution in [-0.4, -0.2) is 21.4 Å². The zero-order valence-corrected chi connectivity index (χ0v) is 15.1. The molecule has 0 atom stereocenters. The molecule has 0 saturated carbocycles. The first-order valence-corrected chi connectivity index (χ1v) is 8.31. The molecule has 142 valence electrons. The van der Waals surface area contributed by atoms with Crippen molar-refractivity contribution in [1.82, 2.24) is 9.97 Å². The third kappa shape index (κ3) is 4.73. The minimum Gasteiger partial charge on any atom is -0.333 e. The van der Waals surface area contributed by atoms with E-state index in [0.717, 1.165) is 11.1 Å². The maximum absolute atomic E-state index is 14.5. The maximum Gasteiger partial charge on any atom is 0.315 e. The van der Waals surface area contributed by atoms with Gasteiger partial charge in [-0.15, -0.1) is 0 Å². The van der Waals surface area contributed by atoms with Gasteiger partial charge in [-0.1, -0.05) is 71.0 Å². The molecule has 0 unspecified atom stereocenters. The van der Waals surface area contributed by atoms with E-state index in [-0.39, 0.29) is 0 Å². The molecule has 0 bridgehead atoms. The second kappa shape index (κ2) is 8.81. The summed E-state index contributed by atoms with van der Waals surface area (Å²) in [6.45, 7) is 3.32. The summed E-state index contributed by atoms with van der Waals surface area (Å²) in [5.74, 6) is -2.52. The predicted molar refractivity (Wildman–Crippen MR) is 101 cm³/mol. The van der Waals surface area contributed by atoms with Crippen LogP contribution in [0.25, 0.3) is 0 Å². The molecular weight excluding hydrogens is 366 g/mol. The molecule has 3 rings (SSSR count). The van der Waals surface area contributed by atoms with Gasteiger partial charge >= 0.3 is 6.08 Å². The molecule has 3 aromatic rings. The summed E-state index contributed by atoms with van der Waals surface area (Å²) in [6.07, 6.45) is -1.23. The molecule has 0 aliphatic heterocycles. The number of halogens is 2. The van der Waals surface area contributed by atoms with Crippen LogP contribution in [-0.2, 0) is 0 Å². The Morgan fingerprint density at radius 3 is 1.50 bits per heavy atom. The lowest BCUT2D eigenvalue weighted by molar-refractivity contribution is 0.260. The van der Waals surface area contributed by atoms with E-state index in [1.807, 2.05) is 36.4 Å². The summed E-state index contributed by atoms with van der Waals surface area (Å²) in [7, 11) is 0. The summed E-state index contributed by atoms with van der Waals surface area (Å²) in [6, 6.07) is 18.2. The van der Waals surface area contributed by atoms with Crippen LogP contribution in [0.5, 0.6) is 11.8 Å². The van der Waals surface area contributed by atoms with E-state index in [9.17, 15) is 8.78 Å². The lowest BCUT2D eigenvalue weighted by atomic mass is 10.1. The van der Waals surface area contributed by atoms with Crippen LogP contribution in [0.15, 0.2) is 71.0 Å². The first-order chi connectivity index (χ1) is 13.5. The van der Waals surface area contributed by atoms with Gasteiger partial charge in [-0.3, -0.25) is 0 Å². The summed E-state index contributed by atoms with van der Waals surface area (Å²) < 4.78 is 28.1. The molecule has 0 aliphatic rings. The van der Waals surface area contributed by atoms with Crippen LogP contribution in [0.2, 0.25) is 0 Å². The predicted octanol–water partition coefficient (Wildman–Crippen LogP) is 4.36. The topological polar surface area (TPSA) is 69.0 Å². The Labute approximate surface area is 160 Å². The smallest absolute Gasteiger partial charge is 0.315 e. The largest absolute Gasteiger partial charge is 0.333 e. The molecule has 1 aromatic heterocycles. The maximum atomic E-state index is 14.5. The van der Waals surface area contributed by atoms with Crippen molar-refractivity contribution in [2.45, 2.75) is 13.8 Å². The Morgan fingerprint density at radius 1 is 0.714 bits per heavy atom. The fourth-order valence-corrected chi connectivity index (χ4v) is 2.19. The van der Waals surface area contributed by atoms with Crippen LogP contribution in [0, 0.1) is 11.9 Å². The fraction of sp³-hybridized carbons (Fsp3) is 0.100. The van der Waals surface area contributed by atoms with Crippen molar-refractivity contribution in [2.24, 2.45) is 10.3 Å². The highest BCUT2D eigenvalue weighted by Gasteiger charge is 2.19. The summed E-state index contributed by atoms with van der Waals surface area (Å²) >= 11 is 0. The van der Waals surface area contributed by atoms with Crippen molar-refractivity contribution < 1.29 is 18.5 Å². The average Bonchev–Trinajstić information content (AvgIpc) is 2.73. The van der Waals surface area contributed by atoms with Gasteiger partial charge in [0.25, 0.3) is 17.6 Å². The van der Waals surface area contributed by atoms with Crippen molar-refractivity contribution in [3.8, 4) is 11.8 Å². The zero-order valence-electron chi connectivity index (χ0n) is 15.1. The van der Waals surface area contributed by atoms with Crippen molar-refractivity contribution in [1.29, 1.82) is 0 Å². The lowest BCUT2D eigenvalue weighted by Gasteiger charge is -2.05. The number of nitrogens with zero attached hydrogens (tertiary/aromatic N) is 4. The lowest BCUT2D eigenvalue weighted by Crippen LogP contribution is -2.05. The SMILES string of the molecule is C/C(=N\Oc1nc(F)nc(O/N=C(\C)c2ccccc2)c1F)c1ccccc1. The highest BCUT2D eigenvalue weighted by Crippen LogP contribution is 2.23. The van der Waals surface area contributed by atoms with Crippen LogP contribution in [0.1, 0.15) is 25.0 Å². The van der Waals surface area contributed by atoms with Crippen LogP contribution in [0.4, 0.5) is 8.78 Å². The van der Waals surface area contributed by atoms with Crippen LogP contribution < -0.4 is 9.68 Å². The van der Waals surface area contributed by atoms with Gasteiger partial charge in [0, 0.05) is 0 Å². The standard InChI is InChI=1S/C20H16F2N4O2/c1-13(15-9-5-3-6-10-15)25-27-18-17(21)19(24-20(22)23-18)28-26-14(2)16-11-7-4-8-12-16/h3-12H,1-2H3/b25-13+,26-14+. The Hall–Kier alpha value is -3.68. The van der Waals surface area contributed by atoms with Gasteiger partial charge in [0.2, 0.25) is 0 Å². The van der Waals surface area contributed by atoms with Gasteiger partial charge in [-0.2, -0.15) is 18.7 Å². The Bertz CT molecular complexity index is 931. The Balaban J connectivity index is 1.80. The number of aromatic nitrogens is 2. The van der Waals surface area contributed by atoms with Gasteiger partial charge in [0.05, 0.1) is 11.4 Å². The molecule has 8 heteroatoms. The van der Waals surface area contributed by atoms with E-state index < -0.39 is 23.7 Å². The summed E-state index contributed by atoms with van der Waals surface area (Å²) in [5.41, 5.74) is 2.44. The monoisotopic (exact) mass is 382 g/mol. The molecule has 0 aliphatic carbocycles. The van der Waals surface area contributed by atoms with E-state index in [2.05, 4.69) is 20.3 Å². The van der Waals surface area contributed by atoms with Crippen LogP contribution in [0.3, 0.4) is 0 Å². The van der Waals surface area contributed by atoms with Gasteiger partial charge in [-0.05, 0) is 25.0 Å². The minimum absolute atomic E-state index is 0.458. The molecule has 2 aromatic carbocycles. The highest BCUT2D eigenvalue weighted by atomic mass is 19.1. The van der Waals surface area contributed by atoms with Crippen molar-refractivity contribution in [3.05, 3.63) is 83.7 Å². The molecular formula is C20H16F2N4O2. The molecule has 0 fully saturated rings. The molecule has 0 amide bonds. The van der Waals surface area contributed by atoms with Crippen molar-refractivity contribution in [2.75, 3.05) is 0 Å². The second-order valence-electron chi connectivity index (χ2n) is 5.68. The number of rotatable bonds is 6. The molecule has 0 saturated heterocycles. The van der Waals surface area contributed by atoms with E-state index in [1.165, 1.54) is 0 Å². The summed E-state index contributed by atoms with van der Waals surface area (Å²) in [4.78, 5) is 16.5. The Morgan fingerprint density at radius 2 is 1.11 bits per heavy atom. The fourth-order valence-electron chi connectivity index (χ4n) is 2.19. The van der Waals surface area contributed by atoms with Crippen LogP contribution >= 0.6 is 0 Å². The molecule has 28 heavy (non-hydrogen) atoms. The Kier molecular flexibility index (Phi) is 6.01. The number of oxime groups is 2. The molecule has 0 radical (unpaired) electrons. The van der Waals surface area contributed by atoms with Gasteiger partial charge in [-0.25, -0.2) is 0 Å². The first kappa shape index (κ1) is 19.1. The molecule has 0 N–H and O–H groups in total. The van der Waals surface area contributed by atoms with Crippen molar-refractivity contribution >= 4 is 11.4 Å². The third-order valence-electron chi connectivity index (χ3n) is 3.68. The minimum atomic E-state index is -1.23. The summed E-state index contributed by atoms with van der Waals surface area (Å²) in [5, 5.41) is 7.56.